The van der Waals surface area contributed by atoms with Gasteiger partial charge < -0.3 is 5.32 Å². The van der Waals surface area contributed by atoms with E-state index in [2.05, 4.69) is 5.32 Å². The van der Waals surface area contributed by atoms with Gasteiger partial charge in [0.05, 0.1) is 0 Å². The molecule has 0 aromatic heterocycles. The highest BCUT2D eigenvalue weighted by Gasteiger charge is 2.14. The fraction of sp³-hybridized carbons (Fsp3) is 0.833. The first-order chi connectivity index (χ1) is 4.84. The highest BCUT2D eigenvalue weighted by atomic mass is 32.2. The Balaban J connectivity index is 2.31. The minimum atomic E-state index is 0.0321. The molecule has 0 saturated carbocycles. The van der Waals surface area contributed by atoms with Crippen molar-refractivity contribution in [3.63, 3.8) is 0 Å². The van der Waals surface area contributed by atoms with Gasteiger partial charge in [0.2, 0.25) is 0 Å². The number of nitrogens with zero attached hydrogens (tertiary/aromatic N) is 1. The fourth-order valence-electron chi connectivity index (χ4n) is 0.882. The smallest absolute Gasteiger partial charge is 0.327 e. The van der Waals surface area contributed by atoms with E-state index in [1.165, 1.54) is 6.42 Å². The number of rotatable bonds is 0. The van der Waals surface area contributed by atoms with Crippen molar-refractivity contribution >= 4 is 18.0 Å². The van der Waals surface area contributed by atoms with Crippen molar-refractivity contribution in [3.8, 4) is 0 Å². The van der Waals surface area contributed by atoms with E-state index in [-0.39, 0.29) is 6.03 Å². The first-order valence-electron chi connectivity index (χ1n) is 3.47. The third-order valence-electron chi connectivity index (χ3n) is 1.44. The Morgan fingerprint density at radius 2 is 2.40 bits per heavy atom. The summed E-state index contributed by atoms with van der Waals surface area (Å²) in [5.41, 5.74) is 0. The van der Waals surface area contributed by atoms with Crippen LogP contribution < -0.4 is 5.32 Å². The van der Waals surface area contributed by atoms with Gasteiger partial charge >= 0.3 is 6.03 Å². The minimum Gasteiger partial charge on any atom is -0.340 e. The average Bonchev–Trinajstić information content (AvgIpc) is 2.05. The van der Waals surface area contributed by atoms with E-state index < -0.39 is 0 Å². The van der Waals surface area contributed by atoms with Gasteiger partial charge in [-0.15, -0.1) is 0 Å². The van der Waals surface area contributed by atoms with Crippen molar-refractivity contribution in [3.05, 3.63) is 0 Å². The Morgan fingerprint density at radius 3 is 2.90 bits per heavy atom. The molecule has 1 saturated heterocycles. The summed E-state index contributed by atoms with van der Waals surface area (Å²) in [4.78, 5) is 11.0. The van der Waals surface area contributed by atoms with Gasteiger partial charge in [0.15, 0.2) is 0 Å². The largest absolute Gasteiger partial charge is 0.340 e. The number of urea groups is 1. The molecule has 0 radical (unpaired) electrons. The molecule has 0 unspecified atom stereocenters. The summed E-state index contributed by atoms with van der Waals surface area (Å²) in [5, 5.41) is 2.60. The second-order valence-electron chi connectivity index (χ2n) is 2.20. The number of carbonyl (C=O) groups is 1. The summed E-state index contributed by atoms with van der Waals surface area (Å²) >= 11 is 1.62. The van der Waals surface area contributed by atoms with Crippen molar-refractivity contribution in [2.45, 2.75) is 12.8 Å². The number of hydrogen-bond donors (Lipinski definition) is 1. The lowest BCUT2D eigenvalue weighted by Gasteiger charge is -2.24. The van der Waals surface area contributed by atoms with Crippen molar-refractivity contribution < 1.29 is 4.79 Å². The monoisotopic (exact) mass is 160 g/mol. The Morgan fingerprint density at radius 1 is 1.60 bits per heavy atom. The predicted octanol–water partition coefficient (Wildman–Crippen LogP) is 1.07. The van der Waals surface area contributed by atoms with Crippen LogP contribution in [0.15, 0.2) is 0 Å². The van der Waals surface area contributed by atoms with Gasteiger partial charge in [-0.25, -0.2) is 4.79 Å². The van der Waals surface area contributed by atoms with Crippen LogP contribution in [0, 0.1) is 0 Å². The summed E-state index contributed by atoms with van der Waals surface area (Å²) in [6.45, 7) is 0.893. The second kappa shape index (κ2) is 3.71. The molecule has 1 N–H and O–H groups in total. The van der Waals surface area contributed by atoms with Crippen LogP contribution in [0.1, 0.15) is 12.8 Å². The SMILES string of the molecule is CNC(=O)N1CCCCS1. The third-order valence-corrected chi connectivity index (χ3v) is 2.57. The van der Waals surface area contributed by atoms with Crippen molar-refractivity contribution in [2.75, 3.05) is 19.3 Å². The quantitative estimate of drug-likeness (QED) is 0.538. The van der Waals surface area contributed by atoms with Gasteiger partial charge in [-0.1, -0.05) is 0 Å². The third kappa shape index (κ3) is 1.80. The van der Waals surface area contributed by atoms with Crippen molar-refractivity contribution in [1.29, 1.82) is 0 Å². The van der Waals surface area contributed by atoms with Gasteiger partial charge in [0.1, 0.15) is 0 Å². The second-order valence-corrected chi connectivity index (χ2v) is 3.30. The summed E-state index contributed by atoms with van der Waals surface area (Å²) in [7, 11) is 1.66. The molecule has 0 aromatic carbocycles. The normalized spacial score (nSPS) is 18.7. The molecular formula is C6H12N2OS. The lowest BCUT2D eigenvalue weighted by molar-refractivity contribution is 0.227. The summed E-state index contributed by atoms with van der Waals surface area (Å²) in [6, 6.07) is 0.0321. The average molecular weight is 160 g/mol. The van der Waals surface area contributed by atoms with Crippen LogP contribution in [0.25, 0.3) is 0 Å². The fourth-order valence-corrected chi connectivity index (χ4v) is 1.90. The number of nitrogens with one attached hydrogen (secondary N) is 1. The summed E-state index contributed by atoms with van der Waals surface area (Å²) in [6.07, 6.45) is 2.37. The lowest BCUT2D eigenvalue weighted by Crippen LogP contribution is -2.35. The summed E-state index contributed by atoms with van der Waals surface area (Å²) < 4.78 is 1.78. The molecule has 0 bridgehead atoms. The van der Waals surface area contributed by atoms with E-state index in [1.807, 2.05) is 0 Å². The Hall–Kier alpha value is -0.380. The molecule has 10 heavy (non-hydrogen) atoms. The van der Waals surface area contributed by atoms with E-state index in [0.717, 1.165) is 18.7 Å². The first kappa shape index (κ1) is 7.72. The van der Waals surface area contributed by atoms with Crippen LogP contribution in [-0.4, -0.2) is 29.7 Å². The van der Waals surface area contributed by atoms with Crippen LogP contribution in [-0.2, 0) is 0 Å². The molecular weight excluding hydrogens is 148 g/mol. The first-order valence-corrected chi connectivity index (χ1v) is 4.41. The lowest BCUT2D eigenvalue weighted by atomic mass is 10.3. The maximum absolute atomic E-state index is 11.0. The molecule has 3 nitrogen and oxygen atoms in total. The van der Waals surface area contributed by atoms with Crippen molar-refractivity contribution in [1.82, 2.24) is 9.62 Å². The molecule has 1 aliphatic heterocycles. The van der Waals surface area contributed by atoms with Gasteiger partial charge in [-0.3, -0.25) is 4.31 Å². The van der Waals surface area contributed by atoms with E-state index >= 15 is 0 Å². The molecule has 1 rings (SSSR count). The van der Waals surface area contributed by atoms with E-state index in [0.29, 0.717) is 0 Å². The Bertz CT molecular complexity index is 123. The van der Waals surface area contributed by atoms with Gasteiger partial charge in [0, 0.05) is 19.3 Å². The predicted molar refractivity (Wildman–Crippen MR) is 42.9 cm³/mol. The molecule has 1 heterocycles. The Kier molecular flexibility index (Phi) is 2.86. The standard InChI is InChI=1S/C6H12N2OS/c1-7-6(9)8-4-2-3-5-10-8/h2-5H2,1H3,(H,7,9). The number of carbonyl (C=O) groups excluding carboxylic acids is 1. The van der Waals surface area contributed by atoms with Gasteiger partial charge in [0.25, 0.3) is 0 Å². The van der Waals surface area contributed by atoms with Crippen LogP contribution in [0.4, 0.5) is 4.79 Å². The van der Waals surface area contributed by atoms with Crippen LogP contribution in [0.2, 0.25) is 0 Å². The maximum atomic E-state index is 11.0. The molecule has 0 spiro atoms. The minimum absolute atomic E-state index is 0.0321. The zero-order valence-corrected chi connectivity index (χ0v) is 6.91. The molecule has 58 valence electrons. The number of hydrogen-bond acceptors (Lipinski definition) is 2. The van der Waals surface area contributed by atoms with Crippen LogP contribution >= 0.6 is 11.9 Å². The summed E-state index contributed by atoms with van der Waals surface area (Å²) in [5.74, 6) is 1.08. The molecule has 0 atom stereocenters. The van der Waals surface area contributed by atoms with E-state index in [4.69, 9.17) is 0 Å². The molecule has 0 aliphatic carbocycles. The molecule has 1 aliphatic rings. The molecule has 2 amide bonds. The number of amides is 2. The molecule has 4 heteroatoms. The van der Waals surface area contributed by atoms with Gasteiger partial charge in [-0.05, 0) is 24.8 Å². The highest BCUT2D eigenvalue weighted by Crippen LogP contribution is 2.18. The topological polar surface area (TPSA) is 32.3 Å². The molecule has 0 aromatic rings. The van der Waals surface area contributed by atoms with Crippen LogP contribution in [0.3, 0.4) is 0 Å². The van der Waals surface area contributed by atoms with E-state index in [1.54, 1.807) is 23.3 Å². The maximum Gasteiger partial charge on any atom is 0.327 e. The van der Waals surface area contributed by atoms with E-state index in [9.17, 15) is 4.79 Å². The van der Waals surface area contributed by atoms with Crippen molar-refractivity contribution in [2.24, 2.45) is 0 Å². The highest BCUT2D eigenvalue weighted by molar-refractivity contribution is 7.97. The van der Waals surface area contributed by atoms with Gasteiger partial charge in [-0.2, -0.15) is 0 Å². The zero-order valence-electron chi connectivity index (χ0n) is 6.09. The Labute approximate surface area is 65.3 Å². The molecule has 1 fully saturated rings. The zero-order chi connectivity index (χ0) is 7.40. The van der Waals surface area contributed by atoms with Crippen LogP contribution in [0.5, 0.6) is 0 Å².